The second kappa shape index (κ2) is 7.72. The van der Waals surface area contributed by atoms with Gasteiger partial charge in [-0.3, -0.25) is 4.79 Å². The van der Waals surface area contributed by atoms with Crippen molar-refractivity contribution in [3.63, 3.8) is 0 Å². The SMILES string of the molecule is CC(=O)Nc1cccc(Nc2cnnc(Nc3ccccc3C#N)n2)c1. The Kier molecular flexibility index (Phi) is 5.00. The molecule has 1 amide bonds. The molecule has 0 unspecified atom stereocenters. The van der Waals surface area contributed by atoms with E-state index in [9.17, 15) is 4.79 Å². The van der Waals surface area contributed by atoms with Crippen molar-refractivity contribution in [3.8, 4) is 6.07 Å². The largest absolute Gasteiger partial charge is 0.339 e. The Balaban J connectivity index is 1.78. The molecule has 3 rings (SSSR count). The highest BCUT2D eigenvalue weighted by atomic mass is 16.1. The molecular weight excluding hydrogens is 330 g/mol. The highest BCUT2D eigenvalue weighted by molar-refractivity contribution is 5.89. The Labute approximate surface area is 149 Å². The van der Waals surface area contributed by atoms with Gasteiger partial charge < -0.3 is 16.0 Å². The first-order valence-corrected chi connectivity index (χ1v) is 7.74. The van der Waals surface area contributed by atoms with Gasteiger partial charge in [0.2, 0.25) is 11.9 Å². The summed E-state index contributed by atoms with van der Waals surface area (Å²) in [4.78, 5) is 15.5. The number of rotatable bonds is 5. The van der Waals surface area contributed by atoms with Gasteiger partial charge in [-0.15, -0.1) is 5.10 Å². The number of nitrogens with one attached hydrogen (secondary N) is 3. The summed E-state index contributed by atoms with van der Waals surface area (Å²) in [5.41, 5.74) is 2.49. The number of nitrogens with zero attached hydrogens (tertiary/aromatic N) is 4. The second-order valence-electron chi connectivity index (χ2n) is 5.33. The number of para-hydroxylation sites is 1. The van der Waals surface area contributed by atoms with Crippen molar-refractivity contribution >= 4 is 34.7 Å². The normalized spacial score (nSPS) is 9.85. The van der Waals surface area contributed by atoms with Gasteiger partial charge in [-0.05, 0) is 30.3 Å². The van der Waals surface area contributed by atoms with Crippen LogP contribution in [-0.2, 0) is 4.79 Å². The fourth-order valence-corrected chi connectivity index (χ4v) is 2.25. The third-order valence-electron chi connectivity index (χ3n) is 3.31. The van der Waals surface area contributed by atoms with Gasteiger partial charge in [-0.1, -0.05) is 18.2 Å². The maximum absolute atomic E-state index is 11.2. The fraction of sp³-hybridized carbons (Fsp3) is 0.0556. The van der Waals surface area contributed by atoms with E-state index in [-0.39, 0.29) is 11.9 Å². The van der Waals surface area contributed by atoms with E-state index in [2.05, 4.69) is 37.2 Å². The van der Waals surface area contributed by atoms with Crippen LogP contribution in [0.15, 0.2) is 54.7 Å². The highest BCUT2D eigenvalue weighted by Gasteiger charge is 2.06. The van der Waals surface area contributed by atoms with Gasteiger partial charge >= 0.3 is 0 Å². The van der Waals surface area contributed by atoms with Crippen LogP contribution in [0.5, 0.6) is 0 Å². The number of carbonyl (C=O) groups is 1. The number of aromatic nitrogens is 3. The van der Waals surface area contributed by atoms with Crippen molar-refractivity contribution in [2.24, 2.45) is 0 Å². The molecule has 26 heavy (non-hydrogen) atoms. The molecule has 8 heteroatoms. The van der Waals surface area contributed by atoms with Crippen LogP contribution in [0.25, 0.3) is 0 Å². The number of benzene rings is 2. The molecule has 0 saturated carbocycles. The third-order valence-corrected chi connectivity index (χ3v) is 3.31. The summed E-state index contributed by atoms with van der Waals surface area (Å²) in [5.74, 6) is 0.584. The van der Waals surface area contributed by atoms with Crippen LogP contribution in [0.3, 0.4) is 0 Å². The number of amides is 1. The molecule has 1 aromatic heterocycles. The number of hydrogen-bond acceptors (Lipinski definition) is 7. The molecule has 0 aliphatic heterocycles. The van der Waals surface area contributed by atoms with Crippen LogP contribution in [-0.4, -0.2) is 21.1 Å². The lowest BCUT2D eigenvalue weighted by Gasteiger charge is -2.09. The summed E-state index contributed by atoms with van der Waals surface area (Å²) in [5, 5.41) is 25.8. The predicted molar refractivity (Wildman–Crippen MR) is 98.3 cm³/mol. The summed E-state index contributed by atoms with van der Waals surface area (Å²) >= 11 is 0. The summed E-state index contributed by atoms with van der Waals surface area (Å²) in [6.07, 6.45) is 1.48. The maximum Gasteiger partial charge on any atom is 0.249 e. The van der Waals surface area contributed by atoms with Gasteiger partial charge in [0.1, 0.15) is 6.07 Å². The van der Waals surface area contributed by atoms with Crippen LogP contribution in [0, 0.1) is 11.3 Å². The Bertz CT molecular complexity index is 981. The van der Waals surface area contributed by atoms with E-state index in [0.717, 1.165) is 5.69 Å². The molecule has 0 aliphatic carbocycles. The van der Waals surface area contributed by atoms with E-state index in [1.807, 2.05) is 18.2 Å². The lowest BCUT2D eigenvalue weighted by Crippen LogP contribution is -2.06. The zero-order valence-electron chi connectivity index (χ0n) is 13.9. The monoisotopic (exact) mass is 345 g/mol. The van der Waals surface area contributed by atoms with E-state index < -0.39 is 0 Å². The summed E-state index contributed by atoms with van der Waals surface area (Å²) in [7, 11) is 0. The lowest BCUT2D eigenvalue weighted by atomic mass is 10.2. The zero-order chi connectivity index (χ0) is 18.4. The molecule has 128 valence electrons. The smallest absolute Gasteiger partial charge is 0.249 e. The minimum atomic E-state index is -0.145. The molecule has 0 fully saturated rings. The van der Waals surface area contributed by atoms with E-state index in [1.165, 1.54) is 13.1 Å². The molecule has 2 aromatic carbocycles. The molecule has 0 aliphatic rings. The summed E-state index contributed by atoms with van der Waals surface area (Å²) in [6, 6.07) is 16.4. The zero-order valence-corrected chi connectivity index (χ0v) is 13.9. The van der Waals surface area contributed by atoms with Crippen molar-refractivity contribution in [1.29, 1.82) is 5.26 Å². The Hall–Kier alpha value is -3.99. The summed E-state index contributed by atoms with van der Waals surface area (Å²) < 4.78 is 0. The molecule has 3 N–H and O–H groups in total. The molecule has 0 saturated heterocycles. The first kappa shape index (κ1) is 16.9. The van der Waals surface area contributed by atoms with Crippen molar-refractivity contribution < 1.29 is 4.79 Å². The minimum Gasteiger partial charge on any atom is -0.339 e. The topological polar surface area (TPSA) is 116 Å². The molecule has 0 spiro atoms. The average molecular weight is 345 g/mol. The quantitative estimate of drug-likeness (QED) is 0.650. The van der Waals surface area contributed by atoms with Crippen molar-refractivity contribution in [1.82, 2.24) is 15.2 Å². The maximum atomic E-state index is 11.2. The first-order valence-electron chi connectivity index (χ1n) is 7.74. The van der Waals surface area contributed by atoms with E-state index in [1.54, 1.807) is 30.3 Å². The molecule has 0 radical (unpaired) electrons. The second-order valence-corrected chi connectivity index (χ2v) is 5.33. The highest BCUT2D eigenvalue weighted by Crippen LogP contribution is 2.21. The van der Waals surface area contributed by atoms with Crippen LogP contribution in [0.4, 0.5) is 28.8 Å². The van der Waals surface area contributed by atoms with E-state index in [0.29, 0.717) is 22.8 Å². The van der Waals surface area contributed by atoms with Gasteiger partial charge in [0.25, 0.3) is 0 Å². The van der Waals surface area contributed by atoms with Crippen molar-refractivity contribution in [2.45, 2.75) is 6.92 Å². The molecule has 0 atom stereocenters. The molecule has 3 aromatic rings. The fourth-order valence-electron chi connectivity index (χ4n) is 2.25. The van der Waals surface area contributed by atoms with Gasteiger partial charge in [-0.25, -0.2) is 0 Å². The third kappa shape index (κ3) is 4.30. The summed E-state index contributed by atoms with van der Waals surface area (Å²) in [6.45, 7) is 1.45. The van der Waals surface area contributed by atoms with Crippen LogP contribution in [0.1, 0.15) is 12.5 Å². The predicted octanol–water partition coefficient (Wildman–Crippen LogP) is 3.19. The Morgan fingerprint density at radius 3 is 2.69 bits per heavy atom. The van der Waals surface area contributed by atoms with Gasteiger partial charge in [0, 0.05) is 18.3 Å². The molecule has 0 bridgehead atoms. The van der Waals surface area contributed by atoms with E-state index in [4.69, 9.17) is 5.26 Å². The van der Waals surface area contributed by atoms with Crippen LogP contribution in [0.2, 0.25) is 0 Å². The first-order chi connectivity index (χ1) is 12.6. The number of anilines is 5. The molecular formula is C18H15N7O. The lowest BCUT2D eigenvalue weighted by molar-refractivity contribution is -0.114. The van der Waals surface area contributed by atoms with Crippen molar-refractivity contribution in [2.75, 3.05) is 16.0 Å². The number of nitriles is 1. The van der Waals surface area contributed by atoms with Gasteiger partial charge in [0.05, 0.1) is 17.4 Å². The number of hydrogen-bond donors (Lipinski definition) is 3. The Morgan fingerprint density at radius 2 is 1.88 bits per heavy atom. The van der Waals surface area contributed by atoms with Gasteiger partial charge in [-0.2, -0.15) is 15.3 Å². The minimum absolute atomic E-state index is 0.145. The van der Waals surface area contributed by atoms with E-state index >= 15 is 0 Å². The Morgan fingerprint density at radius 1 is 1.08 bits per heavy atom. The van der Waals surface area contributed by atoms with Gasteiger partial charge in [0.15, 0.2) is 5.82 Å². The van der Waals surface area contributed by atoms with Crippen LogP contribution < -0.4 is 16.0 Å². The average Bonchev–Trinajstić information content (AvgIpc) is 2.62. The number of carbonyl (C=O) groups excluding carboxylic acids is 1. The van der Waals surface area contributed by atoms with Crippen LogP contribution >= 0.6 is 0 Å². The molecule has 8 nitrogen and oxygen atoms in total. The van der Waals surface area contributed by atoms with Crippen molar-refractivity contribution in [3.05, 3.63) is 60.3 Å². The molecule has 1 heterocycles. The standard InChI is InChI=1S/C18H15N7O/c1-12(26)21-14-6-4-7-15(9-14)22-17-11-20-25-18(24-17)23-16-8-3-2-5-13(16)10-19/h2-9,11H,1H3,(H,21,26)(H2,22,23,24,25).